The van der Waals surface area contributed by atoms with E-state index in [1.54, 1.807) is 42.5 Å². The van der Waals surface area contributed by atoms with E-state index in [0.717, 1.165) is 11.8 Å². The van der Waals surface area contributed by atoms with Gasteiger partial charge in [-0.25, -0.2) is 8.42 Å². The third-order valence-corrected chi connectivity index (χ3v) is 4.30. The molecule has 0 unspecified atom stereocenters. The van der Waals surface area contributed by atoms with Crippen LogP contribution < -0.4 is 10.0 Å². The van der Waals surface area contributed by atoms with Crippen molar-refractivity contribution in [2.45, 2.75) is 12.8 Å². The van der Waals surface area contributed by atoms with Gasteiger partial charge in [0.05, 0.1) is 6.26 Å². The van der Waals surface area contributed by atoms with Crippen molar-refractivity contribution >= 4 is 50.5 Å². The average Bonchev–Trinajstić information content (AvgIpc) is 2.47. The summed E-state index contributed by atoms with van der Waals surface area (Å²) < 4.78 is 24.6. The Morgan fingerprint density at radius 3 is 2.25 bits per heavy atom. The molecule has 2 N–H and O–H groups in total. The minimum atomic E-state index is -3.32. The number of carbonyl (C=O) groups excluding carboxylic acids is 1. The first kappa shape index (κ1) is 18.6. The van der Waals surface area contributed by atoms with Crippen molar-refractivity contribution in [2.24, 2.45) is 0 Å². The lowest BCUT2D eigenvalue weighted by Crippen LogP contribution is -2.13. The number of nitrogens with one attached hydrogen (secondary N) is 2. The van der Waals surface area contributed by atoms with Crippen molar-refractivity contribution in [3.8, 4) is 0 Å². The van der Waals surface area contributed by atoms with E-state index in [0.29, 0.717) is 27.8 Å². The molecular weight excluding hydrogens is 371 g/mol. The molecule has 0 saturated carbocycles. The summed E-state index contributed by atoms with van der Waals surface area (Å²) in [4.78, 5) is 12.0. The Hall–Kier alpha value is -1.76. The molecule has 128 valence electrons. The maximum atomic E-state index is 12.0. The second kappa shape index (κ2) is 7.88. The van der Waals surface area contributed by atoms with Crippen molar-refractivity contribution in [1.82, 2.24) is 0 Å². The van der Waals surface area contributed by atoms with Crippen molar-refractivity contribution in [1.29, 1.82) is 0 Å². The first-order valence-electron chi connectivity index (χ1n) is 7.04. The zero-order valence-corrected chi connectivity index (χ0v) is 15.2. The van der Waals surface area contributed by atoms with Gasteiger partial charge in [-0.2, -0.15) is 0 Å². The first-order valence-corrected chi connectivity index (χ1v) is 9.69. The lowest BCUT2D eigenvalue weighted by molar-refractivity contribution is -0.116. The molecular formula is C16H16Cl2N2O3S. The predicted molar refractivity (Wildman–Crippen MR) is 98.3 cm³/mol. The molecule has 1 amide bonds. The molecule has 0 aliphatic carbocycles. The monoisotopic (exact) mass is 386 g/mol. The zero-order chi connectivity index (χ0) is 17.7. The number of hydrogen-bond acceptors (Lipinski definition) is 3. The van der Waals surface area contributed by atoms with Gasteiger partial charge in [0.15, 0.2) is 0 Å². The second-order valence-corrected chi connectivity index (χ2v) is 7.83. The maximum absolute atomic E-state index is 12.0. The van der Waals surface area contributed by atoms with Gasteiger partial charge in [-0.15, -0.1) is 0 Å². The lowest BCUT2D eigenvalue weighted by Gasteiger charge is -2.08. The topological polar surface area (TPSA) is 75.3 Å². The fourth-order valence-corrected chi connectivity index (χ4v) is 3.10. The van der Waals surface area contributed by atoms with E-state index < -0.39 is 10.0 Å². The molecule has 0 heterocycles. The van der Waals surface area contributed by atoms with E-state index in [-0.39, 0.29) is 12.3 Å². The normalized spacial score (nSPS) is 11.1. The van der Waals surface area contributed by atoms with Gasteiger partial charge in [0.2, 0.25) is 15.9 Å². The van der Waals surface area contributed by atoms with Crippen LogP contribution in [-0.4, -0.2) is 20.6 Å². The van der Waals surface area contributed by atoms with E-state index in [4.69, 9.17) is 23.2 Å². The fourth-order valence-electron chi connectivity index (χ4n) is 2.03. The minimum Gasteiger partial charge on any atom is -0.326 e. The number of sulfonamides is 1. The number of hydrogen-bond donors (Lipinski definition) is 2. The summed E-state index contributed by atoms with van der Waals surface area (Å²) in [6.45, 7) is 0. The number of benzene rings is 2. The largest absolute Gasteiger partial charge is 0.326 e. The molecule has 24 heavy (non-hydrogen) atoms. The van der Waals surface area contributed by atoms with Crippen LogP contribution >= 0.6 is 23.2 Å². The lowest BCUT2D eigenvalue weighted by atomic mass is 10.1. The number of aryl methyl sites for hydroxylation is 1. The highest BCUT2D eigenvalue weighted by molar-refractivity contribution is 7.92. The van der Waals surface area contributed by atoms with Crippen LogP contribution in [0.4, 0.5) is 11.4 Å². The van der Waals surface area contributed by atoms with Gasteiger partial charge in [0.1, 0.15) is 0 Å². The highest BCUT2D eigenvalue weighted by atomic mass is 35.5. The molecule has 5 nitrogen and oxygen atoms in total. The molecule has 0 saturated heterocycles. The van der Waals surface area contributed by atoms with E-state index in [2.05, 4.69) is 10.0 Å². The second-order valence-electron chi connectivity index (χ2n) is 5.24. The number of anilines is 2. The van der Waals surface area contributed by atoms with Crippen molar-refractivity contribution in [2.75, 3.05) is 16.3 Å². The predicted octanol–water partition coefficient (Wildman–Crippen LogP) is 3.94. The van der Waals surface area contributed by atoms with Crippen LogP contribution in [0.2, 0.25) is 10.0 Å². The van der Waals surface area contributed by atoms with Crippen LogP contribution in [0.3, 0.4) is 0 Å². The van der Waals surface area contributed by atoms with Crippen LogP contribution in [0.5, 0.6) is 0 Å². The van der Waals surface area contributed by atoms with Crippen LogP contribution in [0.1, 0.15) is 12.0 Å². The Morgan fingerprint density at radius 1 is 1.04 bits per heavy atom. The molecule has 0 aliphatic heterocycles. The molecule has 0 radical (unpaired) electrons. The fraction of sp³-hybridized carbons (Fsp3) is 0.188. The molecule has 0 aliphatic rings. The van der Waals surface area contributed by atoms with Gasteiger partial charge in [-0.1, -0.05) is 29.3 Å². The first-order chi connectivity index (χ1) is 11.2. The minimum absolute atomic E-state index is 0.162. The molecule has 0 aromatic heterocycles. The summed E-state index contributed by atoms with van der Waals surface area (Å²) in [7, 11) is -3.32. The number of halogens is 2. The number of rotatable bonds is 6. The Kier molecular flexibility index (Phi) is 6.10. The van der Waals surface area contributed by atoms with Gasteiger partial charge in [-0.3, -0.25) is 9.52 Å². The SMILES string of the molecule is CS(=O)(=O)Nc1ccc(NC(=O)CCc2ccc(Cl)cc2Cl)cc1. The number of amides is 1. The zero-order valence-electron chi connectivity index (χ0n) is 12.8. The van der Waals surface area contributed by atoms with Crippen molar-refractivity contribution in [3.05, 3.63) is 58.1 Å². The average molecular weight is 387 g/mol. The molecule has 0 fully saturated rings. The van der Waals surface area contributed by atoms with E-state index >= 15 is 0 Å². The summed E-state index contributed by atoms with van der Waals surface area (Å²) in [6, 6.07) is 11.6. The smallest absolute Gasteiger partial charge is 0.229 e. The van der Waals surface area contributed by atoms with Crippen LogP contribution in [0, 0.1) is 0 Å². The molecule has 0 spiro atoms. The third kappa shape index (κ3) is 6.03. The quantitative estimate of drug-likeness (QED) is 0.789. The highest BCUT2D eigenvalue weighted by Crippen LogP contribution is 2.22. The molecule has 2 aromatic rings. The van der Waals surface area contributed by atoms with Crippen LogP contribution in [0.15, 0.2) is 42.5 Å². The Balaban J connectivity index is 1.90. The third-order valence-electron chi connectivity index (χ3n) is 3.11. The van der Waals surface area contributed by atoms with Gasteiger partial charge in [0, 0.05) is 27.8 Å². The summed E-state index contributed by atoms with van der Waals surface area (Å²) in [6.07, 6.45) is 1.84. The number of carbonyl (C=O) groups is 1. The van der Waals surface area contributed by atoms with Crippen molar-refractivity contribution in [3.63, 3.8) is 0 Å². The maximum Gasteiger partial charge on any atom is 0.229 e. The van der Waals surface area contributed by atoms with Gasteiger partial charge in [-0.05, 0) is 48.4 Å². The Morgan fingerprint density at radius 2 is 1.67 bits per heavy atom. The summed E-state index contributed by atoms with van der Waals surface area (Å²) >= 11 is 11.9. The van der Waals surface area contributed by atoms with Crippen LogP contribution in [0.25, 0.3) is 0 Å². The molecule has 0 atom stereocenters. The van der Waals surface area contributed by atoms with E-state index in [9.17, 15) is 13.2 Å². The van der Waals surface area contributed by atoms with Crippen molar-refractivity contribution < 1.29 is 13.2 Å². The summed E-state index contributed by atoms with van der Waals surface area (Å²) in [5.74, 6) is -0.162. The molecule has 2 aromatic carbocycles. The van der Waals surface area contributed by atoms with Crippen LogP contribution in [-0.2, 0) is 21.2 Å². The molecule has 0 bridgehead atoms. The highest BCUT2D eigenvalue weighted by Gasteiger charge is 2.07. The standard InChI is InChI=1S/C16H16Cl2N2O3S/c1-24(22,23)20-14-7-5-13(6-8-14)19-16(21)9-3-11-2-4-12(17)10-15(11)18/h2,4-8,10,20H,3,9H2,1H3,(H,19,21). The molecule has 2 rings (SSSR count). The van der Waals surface area contributed by atoms with Gasteiger partial charge >= 0.3 is 0 Å². The molecule has 8 heteroatoms. The summed E-state index contributed by atoms with van der Waals surface area (Å²) in [5, 5.41) is 3.83. The summed E-state index contributed by atoms with van der Waals surface area (Å²) in [5.41, 5.74) is 1.87. The van der Waals surface area contributed by atoms with Gasteiger partial charge < -0.3 is 5.32 Å². The van der Waals surface area contributed by atoms with Gasteiger partial charge in [0.25, 0.3) is 0 Å². The Bertz CT molecular complexity index is 837. The van der Waals surface area contributed by atoms with E-state index in [1.165, 1.54) is 0 Å². The van der Waals surface area contributed by atoms with E-state index in [1.807, 2.05) is 0 Å². The Labute approximate surface area is 151 Å².